The van der Waals surface area contributed by atoms with E-state index >= 15 is 0 Å². The number of rotatable bonds is 9. The predicted molar refractivity (Wildman–Crippen MR) is 159 cm³/mol. The molecule has 1 aromatic carbocycles. The average molecular weight is 587 g/mol. The van der Waals surface area contributed by atoms with Crippen molar-refractivity contribution >= 4 is 57.5 Å². The van der Waals surface area contributed by atoms with Crippen LogP contribution in [0.1, 0.15) is 50.5 Å². The number of nitrogens with zero attached hydrogens (tertiary/aromatic N) is 1. The number of nitrogens with one attached hydrogen (secondary N) is 3. The van der Waals surface area contributed by atoms with Crippen molar-refractivity contribution in [2.45, 2.75) is 52.5 Å². The highest BCUT2D eigenvalue weighted by molar-refractivity contribution is 7.84. The van der Waals surface area contributed by atoms with Crippen molar-refractivity contribution in [2.75, 3.05) is 6.54 Å². The van der Waals surface area contributed by atoms with E-state index in [9.17, 15) is 14.0 Å². The van der Waals surface area contributed by atoms with Gasteiger partial charge in [0.15, 0.2) is 0 Å². The second kappa shape index (κ2) is 12.5. The highest BCUT2D eigenvalue weighted by Gasteiger charge is 2.39. The minimum Gasteiger partial charge on any atom is -0.353 e. The summed E-state index contributed by atoms with van der Waals surface area (Å²) in [7, 11) is 0. The molecule has 1 aliphatic rings. The lowest BCUT2D eigenvalue weighted by Gasteiger charge is -2.32. The van der Waals surface area contributed by atoms with Crippen LogP contribution in [0.25, 0.3) is 10.1 Å². The molecule has 0 spiro atoms. The van der Waals surface area contributed by atoms with Crippen molar-refractivity contribution < 1.29 is 14.0 Å². The van der Waals surface area contributed by atoms with Crippen LogP contribution in [0, 0.1) is 11.7 Å². The van der Waals surface area contributed by atoms with Crippen LogP contribution in [0.4, 0.5) is 4.39 Å². The van der Waals surface area contributed by atoms with Gasteiger partial charge in [0.05, 0.1) is 21.2 Å². The van der Waals surface area contributed by atoms with E-state index in [1.807, 2.05) is 26.0 Å². The Labute approximate surface area is 242 Å². The second-order valence-corrected chi connectivity index (χ2v) is 11.9. The molecule has 4 rings (SSSR count). The summed E-state index contributed by atoms with van der Waals surface area (Å²) in [4.78, 5) is 32.4. The summed E-state index contributed by atoms with van der Waals surface area (Å²) in [6.07, 6.45) is 2.76. The van der Waals surface area contributed by atoms with Gasteiger partial charge in [-0.3, -0.25) is 9.59 Å². The van der Waals surface area contributed by atoms with Crippen molar-refractivity contribution in [3.05, 3.63) is 85.9 Å². The maximum Gasteiger partial charge on any atom is 0.251 e. The molecule has 2 atom stereocenters. The van der Waals surface area contributed by atoms with Gasteiger partial charge in [-0.2, -0.15) is 0 Å². The largest absolute Gasteiger partial charge is 0.353 e. The minimum atomic E-state index is -0.662. The summed E-state index contributed by atoms with van der Waals surface area (Å²) in [6.45, 7) is 8.35. The number of aromatic nitrogens is 1. The molecule has 3 N–H and O–H groups in total. The topological polar surface area (TPSA) is 83.1 Å². The highest BCUT2D eigenvalue weighted by Crippen LogP contribution is 2.45. The molecule has 3 aromatic rings. The van der Waals surface area contributed by atoms with Gasteiger partial charge in [-0.05, 0) is 67.8 Å². The summed E-state index contributed by atoms with van der Waals surface area (Å²) in [6, 6.07) is 9.78. The number of likely N-dealkylation sites (N-methyl/N-ethyl adjacent to an activating group) is 1. The van der Waals surface area contributed by atoms with E-state index in [1.165, 1.54) is 23.5 Å². The molecule has 2 unspecified atom stereocenters. The Kier molecular flexibility index (Phi) is 9.35. The van der Waals surface area contributed by atoms with Gasteiger partial charge in [-0.25, -0.2) is 9.37 Å². The third-order valence-corrected chi connectivity index (χ3v) is 8.37. The second-order valence-electron chi connectivity index (χ2n) is 10.0. The fourth-order valence-electron chi connectivity index (χ4n) is 4.77. The van der Waals surface area contributed by atoms with Crippen LogP contribution in [-0.2, 0) is 16.0 Å². The van der Waals surface area contributed by atoms with E-state index in [1.54, 1.807) is 18.3 Å². The van der Waals surface area contributed by atoms with Gasteiger partial charge >= 0.3 is 0 Å². The monoisotopic (exact) mass is 586 g/mol. The Morgan fingerprint density at radius 3 is 2.49 bits per heavy atom. The summed E-state index contributed by atoms with van der Waals surface area (Å²) < 4.78 is 14.1. The lowest BCUT2D eigenvalue weighted by molar-refractivity contribution is -0.118. The van der Waals surface area contributed by atoms with Gasteiger partial charge in [0, 0.05) is 34.9 Å². The maximum absolute atomic E-state index is 13.9. The third kappa shape index (κ3) is 6.65. The molecule has 0 saturated heterocycles. The Hall–Kier alpha value is -2.88. The summed E-state index contributed by atoms with van der Waals surface area (Å²) in [5, 5.41) is 10.9. The fourth-order valence-corrected chi connectivity index (χ4v) is 6.57. The van der Waals surface area contributed by atoms with E-state index in [4.69, 9.17) is 24.2 Å². The van der Waals surface area contributed by atoms with Crippen LogP contribution < -0.4 is 16.0 Å². The van der Waals surface area contributed by atoms with Crippen LogP contribution >= 0.6 is 35.6 Å². The molecule has 39 heavy (non-hydrogen) atoms. The molecule has 2 aromatic heterocycles. The number of carbonyl (C=O) groups is 2. The molecular weight excluding hydrogens is 555 g/mol. The number of allylic oxidation sites excluding steroid dienone is 1. The zero-order chi connectivity index (χ0) is 28.3. The Bertz CT molecular complexity index is 1450. The summed E-state index contributed by atoms with van der Waals surface area (Å²) >= 11 is 12.6. The van der Waals surface area contributed by atoms with Crippen molar-refractivity contribution in [2.24, 2.45) is 5.92 Å². The maximum atomic E-state index is 13.9. The number of fused-ring (bicyclic) bond motifs is 1. The zero-order valence-corrected chi connectivity index (χ0v) is 24.7. The SMILES string of the molecule is CCNC(=O)C1=C(CC(C)C)NC(S)=C(C(=O)NC(C)Cc2ccc(F)cc2)C1c1cc2ccnc(Cl)c2s1. The first kappa shape index (κ1) is 29.1. The van der Waals surface area contributed by atoms with Crippen molar-refractivity contribution in [3.8, 4) is 0 Å². The van der Waals surface area contributed by atoms with Crippen molar-refractivity contribution in [1.29, 1.82) is 0 Å². The Morgan fingerprint density at radius 1 is 1.13 bits per heavy atom. The molecule has 0 aliphatic carbocycles. The Morgan fingerprint density at radius 2 is 1.85 bits per heavy atom. The predicted octanol–water partition coefficient (Wildman–Crippen LogP) is 6.10. The van der Waals surface area contributed by atoms with Gasteiger partial charge in [0.2, 0.25) is 5.91 Å². The molecule has 206 valence electrons. The molecule has 0 fully saturated rings. The van der Waals surface area contributed by atoms with Gasteiger partial charge in [0.1, 0.15) is 11.0 Å². The Balaban J connectivity index is 1.78. The quantitative estimate of drug-likeness (QED) is 0.180. The number of thiophene rings is 1. The number of thiol groups is 1. The number of halogens is 2. The highest BCUT2D eigenvalue weighted by atomic mass is 35.5. The van der Waals surface area contributed by atoms with E-state index < -0.39 is 5.92 Å². The van der Waals surface area contributed by atoms with Gasteiger partial charge in [0.25, 0.3) is 5.91 Å². The number of hydrogen-bond acceptors (Lipinski definition) is 6. The van der Waals surface area contributed by atoms with Crippen LogP contribution in [0.3, 0.4) is 0 Å². The van der Waals surface area contributed by atoms with Crippen molar-refractivity contribution in [3.63, 3.8) is 0 Å². The third-order valence-electron chi connectivity index (χ3n) is 6.39. The molecule has 3 heterocycles. The molecule has 6 nitrogen and oxygen atoms in total. The molecular formula is C29H32ClFN4O2S2. The first-order valence-corrected chi connectivity index (χ1v) is 14.5. The van der Waals surface area contributed by atoms with Crippen LogP contribution in [0.5, 0.6) is 0 Å². The number of carbonyl (C=O) groups excluding carboxylic acids is 2. The smallest absolute Gasteiger partial charge is 0.251 e. The molecule has 0 saturated carbocycles. The van der Waals surface area contributed by atoms with Crippen LogP contribution in [0.2, 0.25) is 5.15 Å². The van der Waals surface area contributed by atoms with Gasteiger partial charge in [-0.1, -0.05) is 37.6 Å². The molecule has 1 aliphatic heterocycles. The molecule has 2 amide bonds. The number of pyridine rings is 1. The van der Waals surface area contributed by atoms with Crippen LogP contribution in [-0.4, -0.2) is 29.4 Å². The van der Waals surface area contributed by atoms with Gasteiger partial charge in [-0.15, -0.1) is 24.0 Å². The van der Waals surface area contributed by atoms with Gasteiger partial charge < -0.3 is 16.0 Å². The lowest BCUT2D eigenvalue weighted by atomic mass is 9.83. The summed E-state index contributed by atoms with van der Waals surface area (Å²) in [5.74, 6) is -1.29. The van der Waals surface area contributed by atoms with E-state index in [2.05, 4.69) is 34.8 Å². The van der Waals surface area contributed by atoms with E-state index in [0.29, 0.717) is 40.7 Å². The number of hydrogen-bond donors (Lipinski definition) is 4. The minimum absolute atomic E-state index is 0.238. The number of dihydropyridines is 1. The molecule has 0 radical (unpaired) electrons. The van der Waals surface area contributed by atoms with E-state index in [-0.39, 0.29) is 29.6 Å². The lowest BCUT2D eigenvalue weighted by Crippen LogP contribution is -2.41. The molecule has 0 bridgehead atoms. The number of benzene rings is 1. The fraction of sp³-hybridized carbons (Fsp3) is 0.345. The first-order chi connectivity index (χ1) is 18.6. The van der Waals surface area contributed by atoms with E-state index in [0.717, 1.165) is 26.2 Å². The van der Waals surface area contributed by atoms with Crippen LogP contribution in [0.15, 0.2) is 64.5 Å². The normalized spacial score (nSPS) is 16.5. The standard InChI is InChI=1S/C29H32ClFN4O2S2/c1-5-32-27(36)22-20(12-15(2)3)35-29(38)24(23(22)21-14-18-10-11-33-26(30)25(18)39-21)28(37)34-16(4)13-17-6-8-19(31)9-7-17/h6-11,14-16,23,35,38H,5,12-13H2,1-4H3,(H,32,36)(H,34,37). The number of amides is 2. The zero-order valence-electron chi connectivity index (χ0n) is 22.3. The first-order valence-electron chi connectivity index (χ1n) is 12.9. The summed E-state index contributed by atoms with van der Waals surface area (Å²) in [5.41, 5.74) is 2.49. The molecule has 10 heteroatoms. The average Bonchev–Trinajstić information content (AvgIpc) is 3.30. The van der Waals surface area contributed by atoms with Crippen molar-refractivity contribution in [1.82, 2.24) is 20.9 Å².